The van der Waals surface area contributed by atoms with Crippen LogP contribution in [0, 0.1) is 0 Å². The number of carbonyl (C=O) groups excluding carboxylic acids is 1. The number of nitrogens with one attached hydrogen (secondary N) is 1. The van der Waals surface area contributed by atoms with Crippen LogP contribution in [-0.2, 0) is 4.74 Å². The van der Waals surface area contributed by atoms with Crippen molar-refractivity contribution in [2.45, 2.75) is 0 Å². The molecule has 0 radical (unpaired) electrons. The molecular formula is C18H17N3O4. The minimum absolute atomic E-state index is 0.145. The zero-order valence-corrected chi connectivity index (χ0v) is 14.1. The molecule has 25 heavy (non-hydrogen) atoms. The predicted octanol–water partition coefficient (Wildman–Crippen LogP) is 3.18. The summed E-state index contributed by atoms with van der Waals surface area (Å²) in [6.45, 7) is 0. The second-order valence-electron chi connectivity index (χ2n) is 5.10. The first-order valence-corrected chi connectivity index (χ1v) is 7.50. The van der Waals surface area contributed by atoms with Gasteiger partial charge in [0.1, 0.15) is 0 Å². The second kappa shape index (κ2) is 7.04. The molecule has 3 rings (SSSR count). The van der Waals surface area contributed by atoms with E-state index < -0.39 is 5.97 Å². The molecule has 0 unspecified atom stereocenters. The largest absolute Gasteiger partial charge is 0.493 e. The Morgan fingerprint density at radius 2 is 1.64 bits per heavy atom. The zero-order chi connectivity index (χ0) is 17.8. The van der Waals surface area contributed by atoms with E-state index in [0.29, 0.717) is 22.4 Å². The third-order valence-electron chi connectivity index (χ3n) is 3.61. The lowest BCUT2D eigenvalue weighted by Crippen LogP contribution is -2.09. The van der Waals surface area contributed by atoms with Crippen molar-refractivity contribution in [1.82, 2.24) is 9.97 Å². The number of fused-ring (bicyclic) bond motifs is 1. The maximum Gasteiger partial charge on any atom is 0.357 e. The minimum Gasteiger partial charge on any atom is -0.493 e. The number of aromatic nitrogens is 2. The molecule has 128 valence electrons. The summed E-state index contributed by atoms with van der Waals surface area (Å²) in [4.78, 5) is 20.9. The maximum atomic E-state index is 12.2. The summed E-state index contributed by atoms with van der Waals surface area (Å²) in [6, 6.07) is 12.8. The molecule has 0 bridgehead atoms. The molecule has 0 spiro atoms. The Labute approximate surface area is 144 Å². The first-order chi connectivity index (χ1) is 12.2. The van der Waals surface area contributed by atoms with Crippen LogP contribution in [0.15, 0.2) is 42.5 Å². The van der Waals surface area contributed by atoms with Crippen molar-refractivity contribution >= 4 is 28.5 Å². The van der Waals surface area contributed by atoms with E-state index in [1.807, 2.05) is 30.3 Å². The highest BCUT2D eigenvalue weighted by atomic mass is 16.5. The van der Waals surface area contributed by atoms with Crippen LogP contribution in [0.5, 0.6) is 11.5 Å². The average molecular weight is 339 g/mol. The van der Waals surface area contributed by atoms with Gasteiger partial charge in [-0.05, 0) is 18.2 Å². The first-order valence-electron chi connectivity index (χ1n) is 7.50. The Morgan fingerprint density at radius 1 is 0.960 bits per heavy atom. The summed E-state index contributed by atoms with van der Waals surface area (Å²) in [6.07, 6.45) is 0. The van der Waals surface area contributed by atoms with Gasteiger partial charge in [-0.15, -0.1) is 0 Å². The van der Waals surface area contributed by atoms with E-state index >= 15 is 0 Å². The third kappa shape index (κ3) is 3.30. The number of hydrogen-bond donors (Lipinski definition) is 1. The fourth-order valence-electron chi connectivity index (χ4n) is 2.41. The molecule has 1 aromatic heterocycles. The summed E-state index contributed by atoms with van der Waals surface area (Å²) >= 11 is 0. The lowest BCUT2D eigenvalue weighted by molar-refractivity contribution is 0.0596. The van der Waals surface area contributed by atoms with Gasteiger partial charge in [0.05, 0.1) is 26.8 Å². The number of ether oxygens (including phenoxy) is 3. The van der Waals surface area contributed by atoms with Crippen LogP contribution in [0.4, 0.5) is 11.6 Å². The molecule has 0 atom stereocenters. The molecule has 0 aliphatic heterocycles. The van der Waals surface area contributed by atoms with Crippen LogP contribution < -0.4 is 14.8 Å². The Morgan fingerprint density at radius 3 is 2.28 bits per heavy atom. The predicted molar refractivity (Wildman–Crippen MR) is 93.7 cm³/mol. The fraction of sp³-hybridized carbons (Fsp3) is 0.167. The van der Waals surface area contributed by atoms with E-state index in [0.717, 1.165) is 5.69 Å². The van der Waals surface area contributed by atoms with Crippen molar-refractivity contribution in [1.29, 1.82) is 0 Å². The molecule has 1 N–H and O–H groups in total. The van der Waals surface area contributed by atoms with Crippen LogP contribution >= 0.6 is 0 Å². The molecule has 3 aromatic rings. The van der Waals surface area contributed by atoms with Gasteiger partial charge in [0.25, 0.3) is 0 Å². The summed E-state index contributed by atoms with van der Waals surface area (Å²) in [5.41, 5.74) is 1.48. The van der Waals surface area contributed by atoms with Crippen molar-refractivity contribution < 1.29 is 19.0 Å². The average Bonchev–Trinajstić information content (AvgIpc) is 2.66. The number of hydrogen-bond acceptors (Lipinski definition) is 7. The number of carbonyl (C=O) groups is 1. The highest BCUT2D eigenvalue weighted by Crippen LogP contribution is 2.33. The zero-order valence-electron chi connectivity index (χ0n) is 14.1. The van der Waals surface area contributed by atoms with Gasteiger partial charge in [0.15, 0.2) is 17.2 Å². The van der Waals surface area contributed by atoms with Crippen molar-refractivity contribution in [2.75, 3.05) is 26.6 Å². The summed E-state index contributed by atoms with van der Waals surface area (Å²) < 4.78 is 15.4. The number of esters is 1. The van der Waals surface area contributed by atoms with E-state index in [4.69, 9.17) is 14.2 Å². The van der Waals surface area contributed by atoms with Gasteiger partial charge in [-0.2, -0.15) is 0 Å². The summed E-state index contributed by atoms with van der Waals surface area (Å²) in [5, 5.41) is 3.60. The summed E-state index contributed by atoms with van der Waals surface area (Å²) in [5.74, 6) is 0.713. The van der Waals surface area contributed by atoms with E-state index in [2.05, 4.69) is 15.3 Å². The van der Waals surface area contributed by atoms with Gasteiger partial charge in [-0.1, -0.05) is 18.2 Å². The number of anilines is 2. The highest BCUT2D eigenvalue weighted by molar-refractivity contribution is 6.03. The van der Waals surface area contributed by atoms with E-state index in [1.165, 1.54) is 21.3 Å². The lowest BCUT2D eigenvalue weighted by atomic mass is 10.1. The van der Waals surface area contributed by atoms with E-state index in [-0.39, 0.29) is 11.6 Å². The van der Waals surface area contributed by atoms with E-state index in [1.54, 1.807) is 12.1 Å². The van der Waals surface area contributed by atoms with Crippen LogP contribution in [0.25, 0.3) is 10.9 Å². The Kier molecular flexibility index (Phi) is 4.65. The first kappa shape index (κ1) is 16.5. The molecule has 0 amide bonds. The molecule has 0 aliphatic carbocycles. The fourth-order valence-corrected chi connectivity index (χ4v) is 2.41. The van der Waals surface area contributed by atoms with Gasteiger partial charge in [-0.3, -0.25) is 0 Å². The molecule has 2 aromatic carbocycles. The minimum atomic E-state index is -0.560. The summed E-state index contributed by atoms with van der Waals surface area (Å²) in [7, 11) is 4.37. The molecular weight excluding hydrogens is 322 g/mol. The van der Waals surface area contributed by atoms with Crippen molar-refractivity contribution in [3.63, 3.8) is 0 Å². The smallest absolute Gasteiger partial charge is 0.357 e. The van der Waals surface area contributed by atoms with Crippen molar-refractivity contribution in [3.05, 3.63) is 48.2 Å². The molecule has 7 heteroatoms. The van der Waals surface area contributed by atoms with E-state index in [9.17, 15) is 4.79 Å². The number of methoxy groups -OCH3 is 3. The molecule has 7 nitrogen and oxygen atoms in total. The quantitative estimate of drug-likeness (QED) is 0.715. The SMILES string of the molecule is COC(=O)c1nc(Nc2ccccc2)nc2cc(OC)c(OC)cc12. The van der Waals surface area contributed by atoms with Gasteiger partial charge < -0.3 is 19.5 Å². The molecule has 0 saturated heterocycles. The molecule has 1 heterocycles. The molecule has 0 fully saturated rings. The normalized spacial score (nSPS) is 10.4. The van der Waals surface area contributed by atoms with Gasteiger partial charge in [-0.25, -0.2) is 14.8 Å². The number of benzene rings is 2. The van der Waals surface area contributed by atoms with Crippen LogP contribution in [0.2, 0.25) is 0 Å². The molecule has 0 saturated carbocycles. The highest BCUT2D eigenvalue weighted by Gasteiger charge is 2.18. The third-order valence-corrected chi connectivity index (χ3v) is 3.61. The Hall–Kier alpha value is -3.35. The van der Waals surface area contributed by atoms with Crippen molar-refractivity contribution in [3.8, 4) is 11.5 Å². The van der Waals surface area contributed by atoms with Gasteiger partial charge in [0.2, 0.25) is 5.95 Å². The lowest BCUT2D eigenvalue weighted by Gasteiger charge is -2.12. The van der Waals surface area contributed by atoms with Gasteiger partial charge in [0, 0.05) is 17.1 Å². The van der Waals surface area contributed by atoms with Crippen LogP contribution in [0.1, 0.15) is 10.5 Å². The topological polar surface area (TPSA) is 82.6 Å². The monoisotopic (exact) mass is 339 g/mol. The van der Waals surface area contributed by atoms with Crippen LogP contribution in [0.3, 0.4) is 0 Å². The Balaban J connectivity index is 2.18. The van der Waals surface area contributed by atoms with Crippen LogP contribution in [-0.4, -0.2) is 37.3 Å². The molecule has 0 aliphatic rings. The second-order valence-corrected chi connectivity index (χ2v) is 5.10. The standard InChI is InChI=1S/C18H17N3O4/c1-23-14-9-12-13(10-15(14)24-2)20-18(21-16(12)17(22)25-3)19-11-7-5-4-6-8-11/h4-10H,1-3H3,(H,19,20,21). The number of para-hydroxylation sites is 1. The number of rotatable bonds is 5. The number of nitrogens with zero attached hydrogens (tertiary/aromatic N) is 2. The Bertz CT molecular complexity index is 913. The van der Waals surface area contributed by atoms with Crippen molar-refractivity contribution in [2.24, 2.45) is 0 Å². The maximum absolute atomic E-state index is 12.2. The van der Waals surface area contributed by atoms with Gasteiger partial charge >= 0.3 is 5.97 Å².